The third kappa shape index (κ3) is 3.34. The molecule has 3 heterocycles. The zero-order valence-corrected chi connectivity index (χ0v) is 16.3. The van der Waals surface area contributed by atoms with Gasteiger partial charge in [-0.25, -0.2) is 0 Å². The molecule has 0 radical (unpaired) electrons. The predicted molar refractivity (Wildman–Crippen MR) is 106 cm³/mol. The Morgan fingerprint density at radius 3 is 2.65 bits per heavy atom. The van der Waals surface area contributed by atoms with Gasteiger partial charge in [0.25, 0.3) is 0 Å². The van der Waals surface area contributed by atoms with Crippen LogP contribution >= 0.6 is 11.3 Å². The van der Waals surface area contributed by atoms with Gasteiger partial charge in [0.05, 0.1) is 10.4 Å². The maximum atomic E-state index is 13.2. The van der Waals surface area contributed by atoms with Crippen molar-refractivity contribution in [3.8, 4) is 0 Å². The van der Waals surface area contributed by atoms with E-state index in [-0.39, 0.29) is 11.8 Å². The highest BCUT2D eigenvalue weighted by atomic mass is 32.1. The normalized spacial score (nSPS) is 21.8. The number of carbonyl (C=O) groups excluding carboxylic acids is 1. The van der Waals surface area contributed by atoms with Crippen LogP contribution in [0.25, 0.3) is 10.9 Å². The number of nitrogens with one attached hydrogen (secondary N) is 3. The van der Waals surface area contributed by atoms with Gasteiger partial charge in [-0.05, 0) is 31.4 Å². The number of quaternary nitrogens is 2. The van der Waals surface area contributed by atoms with Crippen LogP contribution in [0.4, 0.5) is 0 Å². The molecule has 0 aliphatic carbocycles. The number of ketones is 1. The molecule has 5 heteroatoms. The Bertz CT molecular complexity index is 891. The Morgan fingerprint density at radius 2 is 1.92 bits per heavy atom. The molecule has 0 bridgehead atoms. The fraction of sp³-hybridized carbons (Fsp3) is 0.381. The summed E-state index contributed by atoms with van der Waals surface area (Å²) >= 11 is 1.84. The van der Waals surface area contributed by atoms with E-state index < -0.39 is 0 Å². The molecule has 1 aliphatic rings. The summed E-state index contributed by atoms with van der Waals surface area (Å²) in [5.74, 6) is 0.275. The predicted octanol–water partition coefficient (Wildman–Crippen LogP) is 1.09. The number of hydrogen-bond acceptors (Lipinski definition) is 2. The number of rotatable bonds is 5. The Labute approximate surface area is 158 Å². The van der Waals surface area contributed by atoms with Crippen LogP contribution in [-0.4, -0.2) is 43.0 Å². The number of piperazine rings is 1. The van der Waals surface area contributed by atoms with E-state index in [9.17, 15) is 4.79 Å². The molecule has 0 spiro atoms. The molecule has 1 aliphatic heterocycles. The number of aromatic nitrogens is 1. The van der Waals surface area contributed by atoms with E-state index >= 15 is 0 Å². The molecule has 4 nitrogen and oxygen atoms in total. The first-order chi connectivity index (χ1) is 12.6. The number of hydrogen-bond donors (Lipinski definition) is 3. The highest BCUT2D eigenvalue weighted by molar-refractivity contribution is 7.09. The number of aromatic amines is 1. The molecule has 26 heavy (non-hydrogen) atoms. The second kappa shape index (κ2) is 7.35. The van der Waals surface area contributed by atoms with Gasteiger partial charge in [-0.1, -0.05) is 24.3 Å². The van der Waals surface area contributed by atoms with Crippen molar-refractivity contribution in [1.82, 2.24) is 4.98 Å². The van der Waals surface area contributed by atoms with Gasteiger partial charge in [0.1, 0.15) is 38.8 Å². The van der Waals surface area contributed by atoms with E-state index in [0.717, 1.165) is 54.9 Å². The first-order valence-corrected chi connectivity index (χ1v) is 10.3. The lowest BCUT2D eigenvalue weighted by Gasteiger charge is -2.32. The molecule has 2 aromatic heterocycles. The lowest BCUT2D eigenvalue weighted by molar-refractivity contribution is -1.02. The molecule has 136 valence electrons. The van der Waals surface area contributed by atoms with Crippen LogP contribution < -0.4 is 9.80 Å². The fourth-order valence-electron chi connectivity index (χ4n) is 4.19. The topological polar surface area (TPSA) is 41.7 Å². The van der Waals surface area contributed by atoms with E-state index in [1.54, 1.807) is 4.90 Å². The van der Waals surface area contributed by atoms with E-state index in [2.05, 4.69) is 35.5 Å². The van der Waals surface area contributed by atoms with E-state index in [4.69, 9.17) is 0 Å². The molecule has 1 saturated heterocycles. The Kier molecular flexibility index (Phi) is 4.94. The monoisotopic (exact) mass is 369 g/mol. The van der Waals surface area contributed by atoms with Gasteiger partial charge in [0.15, 0.2) is 0 Å². The minimum Gasteiger partial charge on any atom is -0.358 e. The number of para-hydroxylation sites is 1. The summed E-state index contributed by atoms with van der Waals surface area (Å²) in [5, 5.41) is 3.21. The van der Waals surface area contributed by atoms with E-state index in [0.29, 0.717) is 0 Å². The summed E-state index contributed by atoms with van der Waals surface area (Å²) in [6.07, 6.45) is 0. The summed E-state index contributed by atoms with van der Waals surface area (Å²) in [6, 6.07) is 12.5. The van der Waals surface area contributed by atoms with Gasteiger partial charge in [0, 0.05) is 16.6 Å². The minimum absolute atomic E-state index is 0.0104. The molecule has 3 N–H and O–H groups in total. The number of Topliss-reactive ketones (excluding diaryl/α,β-unsaturated/α-hetero) is 1. The highest BCUT2D eigenvalue weighted by Gasteiger charge is 2.33. The van der Waals surface area contributed by atoms with Crippen molar-refractivity contribution in [3.05, 3.63) is 57.9 Å². The van der Waals surface area contributed by atoms with Gasteiger partial charge in [0.2, 0.25) is 5.78 Å². The molecule has 0 amide bonds. The maximum absolute atomic E-state index is 13.2. The maximum Gasteiger partial charge on any atom is 0.222 e. The number of H-pyrrole nitrogens is 1. The van der Waals surface area contributed by atoms with Crippen LogP contribution in [0, 0.1) is 6.92 Å². The number of aryl methyl sites for hydroxylation is 1. The van der Waals surface area contributed by atoms with Crippen LogP contribution in [0.1, 0.15) is 27.9 Å². The average Bonchev–Trinajstić information content (AvgIpc) is 3.27. The number of benzene rings is 1. The van der Waals surface area contributed by atoms with Crippen LogP contribution in [-0.2, 0) is 6.54 Å². The van der Waals surface area contributed by atoms with Crippen molar-refractivity contribution in [2.24, 2.45) is 0 Å². The second-order valence-corrected chi connectivity index (χ2v) is 8.45. The van der Waals surface area contributed by atoms with Crippen molar-refractivity contribution >= 4 is 28.0 Å². The van der Waals surface area contributed by atoms with Gasteiger partial charge >= 0.3 is 0 Å². The van der Waals surface area contributed by atoms with Crippen LogP contribution in [0.2, 0.25) is 0 Å². The Morgan fingerprint density at radius 1 is 1.15 bits per heavy atom. The summed E-state index contributed by atoms with van der Waals surface area (Å²) < 4.78 is 0. The second-order valence-electron chi connectivity index (χ2n) is 7.42. The number of carbonyl (C=O) groups is 1. The standard InChI is InChI=1S/C21H25N3OS/c1-15-20(18-7-3-4-8-19(18)22-15)21(25)16(2)24-11-9-23(10-12-24)14-17-6-5-13-26-17/h3-8,13,16,22H,9-12,14H2,1-2H3/p+2/t16-/m0/s1. The summed E-state index contributed by atoms with van der Waals surface area (Å²) in [4.78, 5) is 21.1. The van der Waals surface area contributed by atoms with E-state index in [1.807, 2.05) is 36.5 Å². The zero-order chi connectivity index (χ0) is 18.1. The molecule has 4 rings (SSSR count). The minimum atomic E-state index is 0.0104. The molecule has 3 aromatic rings. The summed E-state index contributed by atoms with van der Waals surface area (Å²) in [6.45, 7) is 9.63. The van der Waals surface area contributed by atoms with Crippen molar-refractivity contribution in [1.29, 1.82) is 0 Å². The van der Waals surface area contributed by atoms with Crippen LogP contribution in [0.3, 0.4) is 0 Å². The Balaban J connectivity index is 1.44. The van der Waals surface area contributed by atoms with Crippen molar-refractivity contribution < 1.29 is 14.6 Å². The first-order valence-electron chi connectivity index (χ1n) is 9.45. The molecule has 0 saturated carbocycles. The van der Waals surface area contributed by atoms with Crippen LogP contribution in [0.15, 0.2) is 41.8 Å². The SMILES string of the molecule is Cc1[nH]c2ccccc2c1C(=O)[C@H](C)[NH+]1CC[NH+](Cc2cccs2)CC1. The van der Waals surface area contributed by atoms with Gasteiger partial charge < -0.3 is 14.8 Å². The number of thiophene rings is 1. The van der Waals surface area contributed by atoms with Gasteiger partial charge in [-0.3, -0.25) is 4.79 Å². The molecular weight excluding hydrogens is 342 g/mol. The molecule has 1 atom stereocenters. The molecule has 0 unspecified atom stereocenters. The van der Waals surface area contributed by atoms with E-state index in [1.165, 1.54) is 9.78 Å². The van der Waals surface area contributed by atoms with Crippen molar-refractivity contribution in [2.75, 3.05) is 26.2 Å². The largest absolute Gasteiger partial charge is 0.358 e. The number of fused-ring (bicyclic) bond motifs is 1. The molecule has 1 fully saturated rings. The highest BCUT2D eigenvalue weighted by Crippen LogP contribution is 2.22. The smallest absolute Gasteiger partial charge is 0.222 e. The molecular formula is C21H27N3OS+2. The van der Waals surface area contributed by atoms with Crippen LogP contribution in [0.5, 0.6) is 0 Å². The summed E-state index contributed by atoms with van der Waals surface area (Å²) in [7, 11) is 0. The lowest BCUT2D eigenvalue weighted by atomic mass is 10.0. The fourth-order valence-corrected chi connectivity index (χ4v) is 4.97. The lowest BCUT2D eigenvalue weighted by Crippen LogP contribution is -3.29. The summed E-state index contributed by atoms with van der Waals surface area (Å²) in [5.41, 5.74) is 2.93. The van der Waals surface area contributed by atoms with Gasteiger partial charge in [-0.2, -0.15) is 0 Å². The third-order valence-electron chi connectivity index (χ3n) is 5.75. The van der Waals surface area contributed by atoms with Crippen molar-refractivity contribution in [3.63, 3.8) is 0 Å². The molecule has 1 aromatic carbocycles. The van der Waals surface area contributed by atoms with Crippen molar-refractivity contribution in [2.45, 2.75) is 26.4 Å². The van der Waals surface area contributed by atoms with Gasteiger partial charge in [-0.15, -0.1) is 11.3 Å². The third-order valence-corrected chi connectivity index (χ3v) is 6.63. The zero-order valence-electron chi connectivity index (χ0n) is 15.5. The average molecular weight is 370 g/mol. The first kappa shape index (κ1) is 17.5. The quantitative estimate of drug-likeness (QED) is 0.579. The Hall–Kier alpha value is -1.95.